The van der Waals surface area contributed by atoms with Crippen LogP contribution in [0.4, 0.5) is 5.69 Å². The van der Waals surface area contributed by atoms with Crippen LogP contribution >= 0.6 is 11.8 Å². The predicted molar refractivity (Wildman–Crippen MR) is 120 cm³/mol. The lowest BCUT2D eigenvalue weighted by atomic mass is 10.1. The highest BCUT2D eigenvalue weighted by Gasteiger charge is 2.18. The summed E-state index contributed by atoms with van der Waals surface area (Å²) in [7, 11) is 0. The molecular weight excluding hydrogens is 394 g/mol. The molecule has 0 saturated heterocycles. The fourth-order valence-electron chi connectivity index (χ4n) is 3.10. The minimum Gasteiger partial charge on any atom is -0.325 e. The Hall–Kier alpha value is -3.45. The molecule has 0 spiro atoms. The quantitative estimate of drug-likeness (QED) is 0.463. The van der Waals surface area contributed by atoms with Crippen molar-refractivity contribution in [1.82, 2.24) is 19.7 Å². The number of anilines is 1. The number of hydrogen-bond donors (Lipinski definition) is 1. The Morgan fingerprint density at radius 1 is 1.00 bits per heavy atom. The molecule has 2 aromatic carbocycles. The fraction of sp³-hybridized carbons (Fsp3) is 0.130. The minimum absolute atomic E-state index is 0.0889. The molecule has 1 amide bonds. The maximum Gasteiger partial charge on any atom is 0.234 e. The molecule has 1 N–H and O–H groups in total. The molecule has 2 aromatic heterocycles. The highest BCUT2D eigenvalue weighted by molar-refractivity contribution is 7.99. The van der Waals surface area contributed by atoms with Crippen LogP contribution in [0.3, 0.4) is 0 Å². The van der Waals surface area contributed by atoms with E-state index in [1.54, 1.807) is 6.20 Å². The molecule has 0 aliphatic heterocycles. The van der Waals surface area contributed by atoms with Crippen LogP contribution < -0.4 is 5.32 Å². The van der Waals surface area contributed by atoms with Crippen LogP contribution in [0.25, 0.3) is 17.2 Å². The van der Waals surface area contributed by atoms with E-state index in [9.17, 15) is 4.79 Å². The van der Waals surface area contributed by atoms with Gasteiger partial charge < -0.3 is 5.32 Å². The van der Waals surface area contributed by atoms with E-state index in [2.05, 4.69) is 20.5 Å². The van der Waals surface area contributed by atoms with Gasteiger partial charge in [0.25, 0.3) is 0 Å². The van der Waals surface area contributed by atoms with Gasteiger partial charge in [0.2, 0.25) is 5.91 Å². The van der Waals surface area contributed by atoms with Crippen molar-refractivity contribution < 1.29 is 4.79 Å². The maximum absolute atomic E-state index is 12.5. The number of hydrogen-bond acceptors (Lipinski definition) is 5. The van der Waals surface area contributed by atoms with E-state index in [1.165, 1.54) is 11.8 Å². The summed E-state index contributed by atoms with van der Waals surface area (Å²) >= 11 is 1.34. The first-order chi connectivity index (χ1) is 14.6. The molecule has 4 rings (SSSR count). The molecule has 4 aromatic rings. The van der Waals surface area contributed by atoms with Gasteiger partial charge in [-0.25, -0.2) is 0 Å². The number of nitrogens with zero attached hydrogens (tertiary/aromatic N) is 4. The van der Waals surface area contributed by atoms with Gasteiger partial charge in [0.15, 0.2) is 11.0 Å². The lowest BCUT2D eigenvalue weighted by molar-refractivity contribution is -0.113. The summed E-state index contributed by atoms with van der Waals surface area (Å²) in [6.45, 7) is 4.02. The highest BCUT2D eigenvalue weighted by atomic mass is 32.2. The average Bonchev–Trinajstić information content (AvgIpc) is 3.19. The Morgan fingerprint density at radius 3 is 2.53 bits per heavy atom. The lowest BCUT2D eigenvalue weighted by Gasteiger charge is -2.11. The first kappa shape index (κ1) is 19.8. The molecule has 6 nitrogen and oxygen atoms in total. The molecule has 150 valence electrons. The van der Waals surface area contributed by atoms with E-state index < -0.39 is 0 Å². The molecule has 0 atom stereocenters. The second kappa shape index (κ2) is 8.92. The standard InChI is InChI=1S/C23H21N5OS/c1-16-11-12-19(17(2)14-16)25-21(29)15-30-23-27-26-22(20-10-6-7-13-24-20)28(23)18-8-4-3-5-9-18/h3-14H,15H2,1-2H3,(H,25,29). The van der Waals surface area contributed by atoms with Crippen molar-refractivity contribution in [3.8, 4) is 17.2 Å². The van der Waals surface area contributed by atoms with Crippen LogP contribution in [-0.2, 0) is 4.79 Å². The third-order valence-electron chi connectivity index (χ3n) is 4.53. The summed E-state index contributed by atoms with van der Waals surface area (Å²) in [4.78, 5) is 17.0. The zero-order chi connectivity index (χ0) is 20.9. The number of aryl methyl sites for hydroxylation is 2. The smallest absolute Gasteiger partial charge is 0.234 e. The number of carbonyl (C=O) groups is 1. The highest BCUT2D eigenvalue weighted by Crippen LogP contribution is 2.27. The second-order valence-corrected chi connectivity index (χ2v) is 7.79. The van der Waals surface area contributed by atoms with Crippen molar-refractivity contribution in [2.24, 2.45) is 0 Å². The van der Waals surface area contributed by atoms with Gasteiger partial charge >= 0.3 is 0 Å². The predicted octanol–water partition coefficient (Wildman–Crippen LogP) is 4.68. The Morgan fingerprint density at radius 2 is 1.80 bits per heavy atom. The van der Waals surface area contributed by atoms with Crippen LogP contribution in [-0.4, -0.2) is 31.4 Å². The average molecular weight is 416 g/mol. The van der Waals surface area contributed by atoms with Gasteiger partial charge in [0, 0.05) is 17.6 Å². The number of aromatic nitrogens is 4. The summed E-state index contributed by atoms with van der Waals surface area (Å²) < 4.78 is 1.93. The largest absolute Gasteiger partial charge is 0.325 e. The van der Waals surface area contributed by atoms with E-state index in [0.29, 0.717) is 11.0 Å². The number of nitrogens with one attached hydrogen (secondary N) is 1. The number of pyridine rings is 1. The van der Waals surface area contributed by atoms with Gasteiger partial charge in [-0.05, 0) is 49.7 Å². The van der Waals surface area contributed by atoms with E-state index in [1.807, 2.05) is 85.1 Å². The SMILES string of the molecule is Cc1ccc(NC(=O)CSc2nnc(-c3ccccn3)n2-c2ccccc2)c(C)c1. The second-order valence-electron chi connectivity index (χ2n) is 6.85. The molecule has 0 bridgehead atoms. The molecule has 0 aliphatic rings. The van der Waals surface area contributed by atoms with E-state index >= 15 is 0 Å². The number of rotatable bonds is 6. The van der Waals surface area contributed by atoms with E-state index in [4.69, 9.17) is 0 Å². The molecule has 0 radical (unpaired) electrons. The van der Waals surface area contributed by atoms with Gasteiger partial charge in [0.1, 0.15) is 5.69 Å². The summed E-state index contributed by atoms with van der Waals surface area (Å²) in [6.07, 6.45) is 1.73. The topological polar surface area (TPSA) is 72.7 Å². The van der Waals surface area contributed by atoms with Crippen LogP contribution in [0, 0.1) is 13.8 Å². The molecular formula is C23H21N5OS. The Bertz CT molecular complexity index is 1160. The van der Waals surface area contributed by atoms with Gasteiger partial charge in [-0.1, -0.05) is 53.7 Å². The Kier molecular flexibility index (Phi) is 5.90. The summed E-state index contributed by atoms with van der Waals surface area (Å²) in [6, 6.07) is 21.5. The van der Waals surface area contributed by atoms with Crippen molar-refractivity contribution in [3.05, 3.63) is 84.1 Å². The molecule has 0 saturated carbocycles. The number of carbonyl (C=O) groups excluding carboxylic acids is 1. The maximum atomic E-state index is 12.5. The number of benzene rings is 2. The minimum atomic E-state index is -0.0889. The van der Waals surface area contributed by atoms with Crippen LogP contribution in [0.1, 0.15) is 11.1 Å². The third-order valence-corrected chi connectivity index (χ3v) is 5.46. The first-order valence-electron chi connectivity index (χ1n) is 9.54. The molecule has 0 aliphatic carbocycles. The molecule has 0 unspecified atom stereocenters. The normalized spacial score (nSPS) is 10.7. The molecule has 30 heavy (non-hydrogen) atoms. The number of amides is 1. The number of para-hydroxylation sites is 1. The van der Waals surface area contributed by atoms with Gasteiger partial charge in [-0.15, -0.1) is 10.2 Å². The van der Waals surface area contributed by atoms with Gasteiger partial charge in [0.05, 0.1) is 5.75 Å². The zero-order valence-electron chi connectivity index (χ0n) is 16.7. The van der Waals surface area contributed by atoms with Crippen molar-refractivity contribution in [2.75, 3.05) is 11.1 Å². The zero-order valence-corrected chi connectivity index (χ0v) is 17.6. The van der Waals surface area contributed by atoms with Crippen molar-refractivity contribution >= 4 is 23.4 Å². The van der Waals surface area contributed by atoms with Crippen molar-refractivity contribution in [3.63, 3.8) is 0 Å². The van der Waals surface area contributed by atoms with Crippen LogP contribution in [0.15, 0.2) is 78.1 Å². The Labute approximate surface area is 179 Å². The van der Waals surface area contributed by atoms with Crippen LogP contribution in [0.2, 0.25) is 0 Å². The molecule has 0 fully saturated rings. The van der Waals surface area contributed by atoms with Crippen molar-refractivity contribution in [2.45, 2.75) is 19.0 Å². The Balaban J connectivity index is 1.57. The lowest BCUT2D eigenvalue weighted by Crippen LogP contribution is -2.15. The summed E-state index contributed by atoms with van der Waals surface area (Å²) in [5.41, 5.74) is 4.67. The third kappa shape index (κ3) is 4.41. The van der Waals surface area contributed by atoms with E-state index in [-0.39, 0.29) is 11.7 Å². The van der Waals surface area contributed by atoms with Crippen molar-refractivity contribution in [1.29, 1.82) is 0 Å². The summed E-state index contributed by atoms with van der Waals surface area (Å²) in [5, 5.41) is 12.3. The monoisotopic (exact) mass is 415 g/mol. The first-order valence-corrected chi connectivity index (χ1v) is 10.5. The fourth-order valence-corrected chi connectivity index (χ4v) is 3.86. The van der Waals surface area contributed by atoms with Crippen LogP contribution in [0.5, 0.6) is 0 Å². The summed E-state index contributed by atoms with van der Waals surface area (Å²) in [5.74, 6) is 0.772. The van der Waals surface area contributed by atoms with E-state index in [0.717, 1.165) is 28.2 Å². The molecule has 7 heteroatoms. The molecule has 2 heterocycles. The van der Waals surface area contributed by atoms with Gasteiger partial charge in [-0.2, -0.15) is 0 Å². The number of thioether (sulfide) groups is 1. The van der Waals surface area contributed by atoms with Gasteiger partial charge in [-0.3, -0.25) is 14.3 Å².